The van der Waals surface area contributed by atoms with E-state index in [0.29, 0.717) is 6.54 Å². The number of hydrogen-bond donors (Lipinski definition) is 2. The van der Waals surface area contributed by atoms with Crippen molar-refractivity contribution in [3.63, 3.8) is 0 Å². The van der Waals surface area contributed by atoms with E-state index < -0.39 is 0 Å². The monoisotopic (exact) mass is 348 g/mol. The van der Waals surface area contributed by atoms with Gasteiger partial charge < -0.3 is 25.2 Å². The summed E-state index contributed by atoms with van der Waals surface area (Å²) < 4.78 is 5.33. The first kappa shape index (κ1) is 19.5. The van der Waals surface area contributed by atoms with Crippen LogP contribution in [0.1, 0.15) is 18.9 Å². The van der Waals surface area contributed by atoms with Crippen LogP contribution in [0.5, 0.6) is 0 Å². The molecule has 1 aromatic rings. The van der Waals surface area contributed by atoms with Crippen molar-refractivity contribution in [2.75, 3.05) is 64.9 Å². The molecule has 1 aromatic heterocycles. The van der Waals surface area contributed by atoms with Crippen LogP contribution in [0.2, 0.25) is 0 Å². The molecule has 7 heteroatoms. The molecule has 0 saturated carbocycles. The Labute approximate surface area is 151 Å². The maximum Gasteiger partial charge on any atom is 0.191 e. The van der Waals surface area contributed by atoms with Gasteiger partial charge in [-0.2, -0.15) is 0 Å². The Kier molecular flexibility index (Phi) is 8.48. The summed E-state index contributed by atoms with van der Waals surface area (Å²) in [5, 5.41) is 6.61. The van der Waals surface area contributed by atoms with E-state index in [0.717, 1.165) is 69.7 Å². The molecule has 0 atom stereocenters. The molecule has 25 heavy (non-hydrogen) atoms. The van der Waals surface area contributed by atoms with Crippen LogP contribution < -0.4 is 15.5 Å². The number of anilines is 1. The Morgan fingerprint density at radius 3 is 2.68 bits per heavy atom. The van der Waals surface area contributed by atoms with Crippen LogP contribution in [0.15, 0.2) is 23.3 Å². The second-order valence-electron chi connectivity index (χ2n) is 6.22. The fraction of sp³-hybridized carbons (Fsp3) is 0.667. The van der Waals surface area contributed by atoms with Crippen molar-refractivity contribution >= 4 is 11.8 Å². The lowest BCUT2D eigenvalue weighted by Gasteiger charge is -2.33. The van der Waals surface area contributed by atoms with E-state index in [-0.39, 0.29) is 0 Å². The van der Waals surface area contributed by atoms with Crippen LogP contribution in [-0.4, -0.2) is 75.9 Å². The summed E-state index contributed by atoms with van der Waals surface area (Å²) in [6, 6.07) is 4.25. The summed E-state index contributed by atoms with van der Waals surface area (Å²) in [6.07, 6.45) is 2.92. The quantitative estimate of drug-likeness (QED) is 0.414. The molecule has 0 radical (unpaired) electrons. The van der Waals surface area contributed by atoms with Crippen molar-refractivity contribution in [1.82, 2.24) is 20.5 Å². The highest BCUT2D eigenvalue weighted by Gasteiger charge is 2.14. The number of aliphatic imine (C=N–C) groups is 1. The number of guanidine groups is 1. The Bertz CT molecular complexity index is 511. The maximum atomic E-state index is 5.33. The lowest BCUT2D eigenvalue weighted by Crippen LogP contribution is -2.44. The zero-order chi connectivity index (χ0) is 17.9. The van der Waals surface area contributed by atoms with E-state index in [4.69, 9.17) is 4.74 Å². The smallest absolute Gasteiger partial charge is 0.191 e. The number of aromatic nitrogens is 1. The number of rotatable bonds is 8. The predicted molar refractivity (Wildman–Crippen MR) is 103 cm³/mol. The molecule has 0 amide bonds. The first-order valence-corrected chi connectivity index (χ1v) is 9.13. The third kappa shape index (κ3) is 6.88. The van der Waals surface area contributed by atoms with E-state index in [1.807, 2.05) is 13.1 Å². The highest BCUT2D eigenvalue weighted by Crippen LogP contribution is 2.13. The number of pyridine rings is 1. The van der Waals surface area contributed by atoms with Crippen molar-refractivity contribution < 1.29 is 4.74 Å². The maximum absolute atomic E-state index is 5.33. The van der Waals surface area contributed by atoms with Crippen LogP contribution in [0.4, 0.5) is 5.82 Å². The van der Waals surface area contributed by atoms with Crippen LogP contribution in [0.25, 0.3) is 0 Å². The zero-order valence-corrected chi connectivity index (χ0v) is 15.8. The molecule has 140 valence electrons. The molecule has 1 aliphatic heterocycles. The summed E-state index contributed by atoms with van der Waals surface area (Å²) in [5.74, 6) is 1.87. The number of hydrogen-bond acceptors (Lipinski definition) is 5. The molecule has 1 saturated heterocycles. The Balaban J connectivity index is 1.73. The van der Waals surface area contributed by atoms with Gasteiger partial charge in [0.1, 0.15) is 5.82 Å². The minimum atomic E-state index is 0.709. The van der Waals surface area contributed by atoms with Crippen molar-refractivity contribution in [1.29, 1.82) is 0 Å². The number of piperazine rings is 1. The highest BCUT2D eigenvalue weighted by molar-refractivity contribution is 5.79. The molecule has 0 aromatic carbocycles. The molecule has 2 rings (SSSR count). The minimum absolute atomic E-state index is 0.709. The molecule has 1 fully saturated rings. The minimum Gasteiger partial charge on any atom is -0.382 e. The second kappa shape index (κ2) is 10.9. The molecular formula is C18H32N6O. The molecule has 7 nitrogen and oxygen atoms in total. The van der Waals surface area contributed by atoms with Crippen molar-refractivity contribution in [3.8, 4) is 0 Å². The van der Waals surface area contributed by atoms with Crippen LogP contribution in [-0.2, 0) is 11.3 Å². The molecule has 2 N–H and O–H groups in total. The normalized spacial score (nSPS) is 16.1. The molecular weight excluding hydrogens is 316 g/mol. The molecule has 1 aliphatic rings. The third-order valence-electron chi connectivity index (χ3n) is 4.28. The van der Waals surface area contributed by atoms with Gasteiger partial charge in [0.25, 0.3) is 0 Å². The van der Waals surface area contributed by atoms with Gasteiger partial charge in [0.15, 0.2) is 5.96 Å². The number of nitrogens with one attached hydrogen (secondary N) is 2. The van der Waals surface area contributed by atoms with Gasteiger partial charge in [-0.3, -0.25) is 4.99 Å². The summed E-state index contributed by atoms with van der Waals surface area (Å²) >= 11 is 0. The Hall–Kier alpha value is -1.86. The summed E-state index contributed by atoms with van der Waals surface area (Å²) in [7, 11) is 3.95. The molecule has 2 heterocycles. The predicted octanol–water partition coefficient (Wildman–Crippen LogP) is 0.925. The lowest BCUT2D eigenvalue weighted by molar-refractivity contribution is 0.145. The number of ether oxygens (including phenoxy) is 1. The second-order valence-corrected chi connectivity index (χ2v) is 6.22. The van der Waals surface area contributed by atoms with E-state index >= 15 is 0 Å². The molecule has 0 aliphatic carbocycles. The summed E-state index contributed by atoms with van der Waals surface area (Å²) in [5.41, 5.74) is 1.15. The largest absolute Gasteiger partial charge is 0.382 e. The van der Waals surface area contributed by atoms with Gasteiger partial charge >= 0.3 is 0 Å². The van der Waals surface area contributed by atoms with Crippen molar-refractivity contribution in [2.45, 2.75) is 19.9 Å². The SMILES string of the molecule is CCOCCCNC(=NC)NCc1ccc(N2CCN(C)CC2)nc1. The summed E-state index contributed by atoms with van der Waals surface area (Å²) in [4.78, 5) is 13.5. The van der Waals surface area contributed by atoms with Gasteiger partial charge in [0, 0.05) is 65.7 Å². The Morgan fingerprint density at radius 2 is 2.04 bits per heavy atom. The molecule has 0 unspecified atom stereocenters. The number of nitrogens with zero attached hydrogens (tertiary/aromatic N) is 4. The van der Waals surface area contributed by atoms with E-state index in [1.165, 1.54) is 0 Å². The van der Waals surface area contributed by atoms with Crippen molar-refractivity contribution in [3.05, 3.63) is 23.9 Å². The van der Waals surface area contributed by atoms with E-state index in [2.05, 4.69) is 49.6 Å². The van der Waals surface area contributed by atoms with Crippen molar-refractivity contribution in [2.24, 2.45) is 4.99 Å². The van der Waals surface area contributed by atoms with Crippen LogP contribution in [0, 0.1) is 0 Å². The van der Waals surface area contributed by atoms with Gasteiger partial charge in [-0.15, -0.1) is 0 Å². The van der Waals surface area contributed by atoms with Gasteiger partial charge in [0.2, 0.25) is 0 Å². The standard InChI is InChI=1S/C18H32N6O/c1-4-25-13-5-8-20-18(19-2)22-15-16-6-7-17(21-14-16)24-11-9-23(3)10-12-24/h6-7,14H,4-5,8-13,15H2,1-3H3,(H2,19,20,22). The lowest BCUT2D eigenvalue weighted by atomic mass is 10.2. The molecule has 0 spiro atoms. The van der Waals surface area contributed by atoms with Crippen LogP contribution in [0.3, 0.4) is 0 Å². The fourth-order valence-corrected chi connectivity index (χ4v) is 2.68. The number of likely N-dealkylation sites (N-methyl/N-ethyl adjacent to an activating group) is 1. The molecule has 0 bridgehead atoms. The highest BCUT2D eigenvalue weighted by atomic mass is 16.5. The van der Waals surface area contributed by atoms with E-state index in [9.17, 15) is 0 Å². The summed E-state index contributed by atoms with van der Waals surface area (Å²) in [6.45, 7) is 9.38. The fourth-order valence-electron chi connectivity index (χ4n) is 2.68. The van der Waals surface area contributed by atoms with Crippen LogP contribution >= 0.6 is 0 Å². The first-order chi connectivity index (χ1) is 12.2. The zero-order valence-electron chi connectivity index (χ0n) is 15.8. The van der Waals surface area contributed by atoms with E-state index in [1.54, 1.807) is 7.05 Å². The Morgan fingerprint density at radius 1 is 1.24 bits per heavy atom. The van der Waals surface area contributed by atoms with Gasteiger partial charge in [-0.1, -0.05) is 6.07 Å². The first-order valence-electron chi connectivity index (χ1n) is 9.13. The third-order valence-corrected chi connectivity index (χ3v) is 4.28. The average Bonchev–Trinajstić information content (AvgIpc) is 2.65. The van der Waals surface area contributed by atoms with Gasteiger partial charge in [-0.05, 0) is 32.0 Å². The van der Waals surface area contributed by atoms with Gasteiger partial charge in [-0.25, -0.2) is 4.98 Å². The topological polar surface area (TPSA) is 65.0 Å². The van der Waals surface area contributed by atoms with Gasteiger partial charge in [0.05, 0.1) is 0 Å². The average molecular weight is 348 g/mol.